The fourth-order valence-corrected chi connectivity index (χ4v) is 3.12. The average molecular weight is 285 g/mol. The maximum Gasteiger partial charge on any atom is 0.345 e. The normalized spacial score (nSPS) is 18.4. The van der Waals surface area contributed by atoms with E-state index in [4.69, 9.17) is 9.84 Å². The maximum atomic E-state index is 10.9. The fourth-order valence-electron chi connectivity index (χ4n) is 2.24. The first kappa shape index (κ1) is 14.5. The first-order chi connectivity index (χ1) is 9.06. The second-order valence-corrected chi connectivity index (χ2v) is 6.16. The molecule has 1 aromatic rings. The second kappa shape index (κ2) is 6.00. The molecule has 3 N–H and O–H groups in total. The van der Waals surface area contributed by atoms with E-state index in [1.54, 1.807) is 6.07 Å². The number of thiophene rings is 1. The number of aromatic carboxylic acids is 1. The largest absolute Gasteiger partial charge is 0.477 e. The molecule has 1 aliphatic rings. The lowest BCUT2D eigenvalue weighted by atomic mass is 9.91. The van der Waals surface area contributed by atoms with Crippen molar-refractivity contribution in [1.29, 1.82) is 0 Å². The fraction of sp³-hybridized carbons (Fsp3) is 0.615. The van der Waals surface area contributed by atoms with Crippen LogP contribution in [0.1, 0.15) is 33.0 Å². The third-order valence-corrected chi connectivity index (χ3v) is 4.72. The number of aliphatic hydroxyl groups excluding tert-OH is 1. The summed E-state index contributed by atoms with van der Waals surface area (Å²) in [7, 11) is 0. The lowest BCUT2D eigenvalue weighted by Gasteiger charge is -2.36. The molecule has 19 heavy (non-hydrogen) atoms. The Balaban J connectivity index is 2.02. The minimum absolute atomic E-state index is 0.0747. The summed E-state index contributed by atoms with van der Waals surface area (Å²) < 4.78 is 5.31. The highest BCUT2D eigenvalue weighted by Crippen LogP contribution is 2.24. The predicted octanol–water partition coefficient (Wildman–Crippen LogP) is 1.39. The zero-order valence-electron chi connectivity index (χ0n) is 10.9. The van der Waals surface area contributed by atoms with Gasteiger partial charge in [-0.3, -0.25) is 0 Å². The number of hydrogen-bond acceptors (Lipinski definition) is 5. The van der Waals surface area contributed by atoms with Crippen LogP contribution in [-0.2, 0) is 11.3 Å². The minimum atomic E-state index is -0.887. The van der Waals surface area contributed by atoms with Crippen LogP contribution in [0.2, 0.25) is 0 Å². The first-order valence-corrected chi connectivity index (χ1v) is 7.14. The summed E-state index contributed by atoms with van der Waals surface area (Å²) in [6.07, 6.45) is 1.55. The van der Waals surface area contributed by atoms with Crippen molar-refractivity contribution >= 4 is 17.3 Å². The van der Waals surface area contributed by atoms with Crippen LogP contribution in [0.15, 0.2) is 6.07 Å². The van der Waals surface area contributed by atoms with Gasteiger partial charge in [-0.2, -0.15) is 0 Å². The molecule has 0 spiro atoms. The molecule has 0 radical (unpaired) electrons. The molecule has 0 atom stereocenters. The number of nitrogens with one attached hydrogen (secondary N) is 1. The van der Waals surface area contributed by atoms with Crippen molar-refractivity contribution in [2.45, 2.75) is 31.8 Å². The Morgan fingerprint density at radius 2 is 2.21 bits per heavy atom. The maximum absolute atomic E-state index is 10.9. The summed E-state index contributed by atoms with van der Waals surface area (Å²) >= 11 is 1.29. The molecule has 1 saturated heterocycles. The van der Waals surface area contributed by atoms with Gasteiger partial charge in [0.1, 0.15) is 4.88 Å². The van der Waals surface area contributed by atoms with Crippen LogP contribution in [0.3, 0.4) is 0 Å². The van der Waals surface area contributed by atoms with Crippen molar-refractivity contribution in [3.05, 3.63) is 21.4 Å². The van der Waals surface area contributed by atoms with E-state index in [1.807, 2.05) is 6.92 Å². The van der Waals surface area contributed by atoms with Gasteiger partial charge in [0.15, 0.2) is 0 Å². The van der Waals surface area contributed by atoms with Crippen LogP contribution in [0, 0.1) is 6.92 Å². The van der Waals surface area contributed by atoms with Gasteiger partial charge < -0.3 is 20.3 Å². The molecule has 0 aliphatic carbocycles. The summed E-state index contributed by atoms with van der Waals surface area (Å²) in [5, 5.41) is 21.9. The molecule has 0 amide bonds. The Bertz CT molecular complexity index is 451. The summed E-state index contributed by atoms with van der Waals surface area (Å²) in [5.74, 6) is -0.887. The molecule has 0 saturated carbocycles. The Hall–Kier alpha value is -0.950. The number of carbonyl (C=O) groups is 1. The lowest BCUT2D eigenvalue weighted by Crippen LogP contribution is -2.51. The standard InChI is InChI=1S/C13H19NO4S/c1-9-10(6-11(19-9)12(16)17)7-14-13(8-15)2-4-18-5-3-13/h6,14-15H,2-5,7-8H2,1H3,(H,16,17). The van der Waals surface area contributed by atoms with Crippen molar-refractivity contribution in [2.75, 3.05) is 19.8 Å². The quantitative estimate of drug-likeness (QED) is 0.762. The molecule has 1 fully saturated rings. The zero-order valence-corrected chi connectivity index (χ0v) is 11.8. The molecular weight excluding hydrogens is 266 g/mol. The van der Waals surface area contributed by atoms with Crippen LogP contribution in [-0.4, -0.2) is 41.5 Å². The number of ether oxygens (including phenoxy) is 1. The molecule has 0 bridgehead atoms. The third kappa shape index (κ3) is 3.33. The van der Waals surface area contributed by atoms with E-state index in [2.05, 4.69) is 5.32 Å². The van der Waals surface area contributed by atoms with Crippen molar-refractivity contribution in [3.63, 3.8) is 0 Å². The van der Waals surface area contributed by atoms with E-state index in [9.17, 15) is 9.90 Å². The van der Waals surface area contributed by atoms with Crippen molar-refractivity contribution in [2.24, 2.45) is 0 Å². The summed E-state index contributed by atoms with van der Waals surface area (Å²) in [6.45, 7) is 3.87. The van der Waals surface area contributed by atoms with Gasteiger partial charge in [-0.05, 0) is 31.4 Å². The van der Waals surface area contributed by atoms with Gasteiger partial charge in [0, 0.05) is 30.2 Å². The van der Waals surface area contributed by atoms with Gasteiger partial charge in [0.2, 0.25) is 0 Å². The second-order valence-electron chi connectivity index (χ2n) is 4.90. The van der Waals surface area contributed by atoms with Crippen LogP contribution < -0.4 is 5.32 Å². The summed E-state index contributed by atoms with van der Waals surface area (Å²) in [4.78, 5) is 12.3. The van der Waals surface area contributed by atoms with Gasteiger partial charge in [0.25, 0.3) is 0 Å². The Kier molecular flexibility index (Phi) is 4.57. The van der Waals surface area contributed by atoms with E-state index < -0.39 is 5.97 Å². The highest BCUT2D eigenvalue weighted by atomic mass is 32.1. The number of aliphatic hydroxyl groups is 1. The topological polar surface area (TPSA) is 78.8 Å². The van der Waals surface area contributed by atoms with Gasteiger partial charge in [0.05, 0.1) is 6.61 Å². The minimum Gasteiger partial charge on any atom is -0.477 e. The molecule has 1 aromatic heterocycles. The monoisotopic (exact) mass is 285 g/mol. The summed E-state index contributed by atoms with van der Waals surface area (Å²) in [5.41, 5.74) is 0.692. The van der Waals surface area contributed by atoms with Gasteiger partial charge in [-0.25, -0.2) is 4.79 Å². The van der Waals surface area contributed by atoms with E-state index in [1.165, 1.54) is 11.3 Å². The van der Waals surface area contributed by atoms with Gasteiger partial charge in [-0.1, -0.05) is 0 Å². The Labute approximate surface area is 116 Å². The van der Waals surface area contributed by atoms with Crippen LogP contribution >= 0.6 is 11.3 Å². The van der Waals surface area contributed by atoms with Gasteiger partial charge in [-0.15, -0.1) is 11.3 Å². The molecule has 2 rings (SSSR count). The number of carboxylic acids is 1. The van der Waals surface area contributed by atoms with Crippen molar-refractivity contribution < 1.29 is 19.7 Å². The number of aryl methyl sites for hydroxylation is 1. The predicted molar refractivity (Wildman–Crippen MR) is 72.7 cm³/mol. The highest BCUT2D eigenvalue weighted by molar-refractivity contribution is 7.14. The molecule has 106 valence electrons. The molecule has 0 aromatic carbocycles. The average Bonchev–Trinajstić information content (AvgIpc) is 2.79. The third-order valence-electron chi connectivity index (χ3n) is 3.64. The smallest absolute Gasteiger partial charge is 0.345 e. The number of rotatable bonds is 5. The lowest BCUT2D eigenvalue weighted by molar-refractivity contribution is 0.0111. The summed E-state index contributed by atoms with van der Waals surface area (Å²) in [6, 6.07) is 1.71. The number of carboxylic acid groups (broad SMARTS) is 1. The number of hydrogen-bond donors (Lipinski definition) is 3. The van der Waals surface area contributed by atoms with E-state index in [-0.39, 0.29) is 12.1 Å². The Morgan fingerprint density at radius 1 is 1.53 bits per heavy atom. The zero-order chi connectivity index (χ0) is 13.9. The molecule has 6 heteroatoms. The van der Waals surface area contributed by atoms with E-state index in [0.29, 0.717) is 24.6 Å². The molecule has 2 heterocycles. The van der Waals surface area contributed by atoms with Crippen LogP contribution in [0.4, 0.5) is 0 Å². The van der Waals surface area contributed by atoms with Crippen molar-refractivity contribution in [1.82, 2.24) is 5.32 Å². The molecule has 1 aliphatic heterocycles. The molecule has 5 nitrogen and oxygen atoms in total. The molecular formula is C13H19NO4S. The first-order valence-electron chi connectivity index (χ1n) is 6.32. The SMILES string of the molecule is Cc1sc(C(=O)O)cc1CNC1(CO)CCOCC1. The van der Waals surface area contributed by atoms with Gasteiger partial charge >= 0.3 is 5.97 Å². The van der Waals surface area contributed by atoms with Crippen molar-refractivity contribution in [3.8, 4) is 0 Å². The Morgan fingerprint density at radius 3 is 2.74 bits per heavy atom. The van der Waals surface area contributed by atoms with Crippen LogP contribution in [0.25, 0.3) is 0 Å². The highest BCUT2D eigenvalue weighted by Gasteiger charge is 2.31. The van der Waals surface area contributed by atoms with E-state index >= 15 is 0 Å². The molecule has 0 unspecified atom stereocenters. The van der Waals surface area contributed by atoms with E-state index in [0.717, 1.165) is 23.3 Å². The van der Waals surface area contributed by atoms with Crippen LogP contribution in [0.5, 0.6) is 0 Å².